The summed E-state index contributed by atoms with van der Waals surface area (Å²) in [6, 6.07) is 2.32. The summed E-state index contributed by atoms with van der Waals surface area (Å²) in [4.78, 5) is 0. The molecular weight excluding hydrogens is 227 g/mol. The van der Waals surface area contributed by atoms with E-state index >= 15 is 0 Å². The van der Waals surface area contributed by atoms with Gasteiger partial charge in [-0.15, -0.1) is 0 Å². The summed E-state index contributed by atoms with van der Waals surface area (Å²) in [5.41, 5.74) is 0. The zero-order valence-corrected chi connectivity index (χ0v) is 8.06. The van der Waals surface area contributed by atoms with Crippen molar-refractivity contribution in [3.63, 3.8) is 0 Å². The molecule has 0 aliphatic heterocycles. The second kappa shape index (κ2) is 3.76. The highest BCUT2D eigenvalue weighted by Gasteiger charge is 2.08. The summed E-state index contributed by atoms with van der Waals surface area (Å²) < 4.78 is 18.0. The van der Waals surface area contributed by atoms with Gasteiger partial charge < -0.3 is 9.84 Å². The number of benzene rings is 1. The first kappa shape index (κ1) is 9.32. The highest BCUT2D eigenvalue weighted by molar-refractivity contribution is 9.10. The van der Waals surface area contributed by atoms with E-state index in [4.69, 9.17) is 4.74 Å². The van der Waals surface area contributed by atoms with Gasteiger partial charge in [-0.3, -0.25) is 0 Å². The van der Waals surface area contributed by atoms with Crippen LogP contribution in [0.2, 0.25) is 0 Å². The summed E-state index contributed by atoms with van der Waals surface area (Å²) in [7, 11) is 0. The molecule has 0 aromatic heterocycles. The topological polar surface area (TPSA) is 29.5 Å². The Morgan fingerprint density at radius 1 is 1.58 bits per heavy atom. The molecule has 0 aliphatic carbocycles. The fourth-order valence-corrected chi connectivity index (χ4v) is 1.22. The van der Waals surface area contributed by atoms with E-state index in [1.54, 1.807) is 6.92 Å². The maximum absolute atomic E-state index is 12.7. The molecule has 2 nitrogen and oxygen atoms in total. The summed E-state index contributed by atoms with van der Waals surface area (Å²) in [6.07, 6.45) is 0. The molecule has 0 fully saturated rings. The molecule has 0 atom stereocenters. The number of rotatable bonds is 2. The summed E-state index contributed by atoms with van der Waals surface area (Å²) in [5, 5.41) is 9.31. The van der Waals surface area contributed by atoms with Crippen LogP contribution >= 0.6 is 15.9 Å². The quantitative estimate of drug-likeness (QED) is 0.853. The van der Waals surface area contributed by atoms with E-state index < -0.39 is 5.82 Å². The Labute approximate surface area is 78.1 Å². The highest BCUT2D eigenvalue weighted by Crippen LogP contribution is 2.34. The van der Waals surface area contributed by atoms with E-state index in [1.807, 2.05) is 0 Å². The Hall–Kier alpha value is -0.770. The van der Waals surface area contributed by atoms with Crippen molar-refractivity contribution in [1.82, 2.24) is 0 Å². The largest absolute Gasteiger partial charge is 0.503 e. The monoisotopic (exact) mass is 234 g/mol. The third-order valence-corrected chi connectivity index (χ3v) is 1.90. The Morgan fingerprint density at radius 2 is 2.25 bits per heavy atom. The maximum atomic E-state index is 12.7. The van der Waals surface area contributed by atoms with Gasteiger partial charge in [0.05, 0.1) is 11.1 Å². The number of aromatic hydroxyl groups is 1. The van der Waals surface area contributed by atoms with Crippen LogP contribution in [0.5, 0.6) is 11.5 Å². The molecule has 0 saturated heterocycles. The number of hydrogen-bond acceptors (Lipinski definition) is 2. The lowest BCUT2D eigenvalue weighted by Gasteiger charge is -2.06. The number of phenolic OH excluding ortho intramolecular Hbond substituents is 1. The van der Waals surface area contributed by atoms with Crippen LogP contribution in [0.1, 0.15) is 6.92 Å². The molecular formula is C8H8BrFO2. The van der Waals surface area contributed by atoms with Gasteiger partial charge in [0.25, 0.3) is 0 Å². The molecule has 0 aliphatic rings. The van der Waals surface area contributed by atoms with Crippen LogP contribution in [0.15, 0.2) is 16.6 Å². The zero-order chi connectivity index (χ0) is 9.14. The van der Waals surface area contributed by atoms with Crippen LogP contribution in [0.4, 0.5) is 4.39 Å². The van der Waals surface area contributed by atoms with Crippen molar-refractivity contribution in [2.75, 3.05) is 6.61 Å². The van der Waals surface area contributed by atoms with Gasteiger partial charge in [-0.2, -0.15) is 0 Å². The van der Waals surface area contributed by atoms with E-state index in [1.165, 1.54) is 6.07 Å². The molecule has 0 radical (unpaired) electrons. The van der Waals surface area contributed by atoms with Crippen molar-refractivity contribution in [1.29, 1.82) is 0 Å². The van der Waals surface area contributed by atoms with Gasteiger partial charge in [0, 0.05) is 6.07 Å². The third-order valence-electron chi connectivity index (χ3n) is 1.29. The molecule has 0 saturated carbocycles. The molecule has 0 bridgehead atoms. The summed E-state index contributed by atoms with van der Waals surface area (Å²) >= 11 is 3.00. The second-order valence-corrected chi connectivity index (χ2v) is 3.02. The molecule has 1 aromatic carbocycles. The van der Waals surface area contributed by atoms with Gasteiger partial charge in [0.2, 0.25) is 0 Å². The van der Waals surface area contributed by atoms with Crippen molar-refractivity contribution in [2.45, 2.75) is 6.92 Å². The van der Waals surface area contributed by atoms with Gasteiger partial charge in [0.15, 0.2) is 11.5 Å². The average molecular weight is 235 g/mol. The number of ether oxygens (including phenoxy) is 1. The molecule has 12 heavy (non-hydrogen) atoms. The van der Waals surface area contributed by atoms with E-state index in [0.717, 1.165) is 6.07 Å². The van der Waals surface area contributed by atoms with Crippen LogP contribution in [-0.4, -0.2) is 11.7 Å². The maximum Gasteiger partial charge on any atom is 0.172 e. The lowest BCUT2D eigenvalue weighted by molar-refractivity contribution is 0.315. The number of halogens is 2. The predicted octanol–water partition coefficient (Wildman–Crippen LogP) is 2.69. The highest BCUT2D eigenvalue weighted by atomic mass is 79.9. The van der Waals surface area contributed by atoms with Crippen molar-refractivity contribution in [3.8, 4) is 11.5 Å². The van der Waals surface area contributed by atoms with Gasteiger partial charge in [0.1, 0.15) is 5.82 Å². The Bertz CT molecular complexity index is 289. The minimum Gasteiger partial charge on any atom is -0.503 e. The van der Waals surface area contributed by atoms with E-state index in [2.05, 4.69) is 15.9 Å². The molecule has 0 heterocycles. The van der Waals surface area contributed by atoms with Crippen molar-refractivity contribution in [2.24, 2.45) is 0 Å². The van der Waals surface area contributed by atoms with Gasteiger partial charge in [-0.1, -0.05) is 0 Å². The first-order valence-electron chi connectivity index (χ1n) is 3.46. The Balaban J connectivity index is 3.09. The Morgan fingerprint density at radius 3 is 2.83 bits per heavy atom. The molecule has 1 N–H and O–H groups in total. The first-order chi connectivity index (χ1) is 5.65. The lowest BCUT2D eigenvalue weighted by atomic mass is 10.3. The summed E-state index contributed by atoms with van der Waals surface area (Å²) in [6.45, 7) is 2.15. The average Bonchev–Trinajstić information content (AvgIpc) is 2.00. The second-order valence-electron chi connectivity index (χ2n) is 2.17. The van der Waals surface area contributed by atoms with Crippen molar-refractivity contribution in [3.05, 3.63) is 22.4 Å². The normalized spacial score (nSPS) is 9.92. The molecule has 4 heteroatoms. The smallest absolute Gasteiger partial charge is 0.172 e. The molecule has 1 rings (SSSR count). The molecule has 0 unspecified atom stereocenters. The van der Waals surface area contributed by atoms with Crippen LogP contribution in [-0.2, 0) is 0 Å². The van der Waals surface area contributed by atoms with Gasteiger partial charge in [-0.05, 0) is 28.9 Å². The standard InChI is InChI=1S/C8H8BrFO2/c1-2-12-7-4-5(10)3-6(9)8(7)11/h3-4,11H,2H2,1H3. The van der Waals surface area contributed by atoms with Gasteiger partial charge >= 0.3 is 0 Å². The molecule has 66 valence electrons. The zero-order valence-electron chi connectivity index (χ0n) is 6.47. The van der Waals surface area contributed by atoms with E-state index in [0.29, 0.717) is 11.1 Å². The minimum absolute atomic E-state index is 0.0711. The van der Waals surface area contributed by atoms with E-state index in [9.17, 15) is 9.50 Å². The van der Waals surface area contributed by atoms with Crippen molar-refractivity contribution >= 4 is 15.9 Å². The van der Waals surface area contributed by atoms with Crippen LogP contribution in [0, 0.1) is 5.82 Å². The van der Waals surface area contributed by atoms with Gasteiger partial charge in [-0.25, -0.2) is 4.39 Å². The molecule has 0 amide bonds. The lowest BCUT2D eigenvalue weighted by Crippen LogP contribution is -1.92. The van der Waals surface area contributed by atoms with E-state index in [-0.39, 0.29) is 11.5 Å². The predicted molar refractivity (Wildman–Crippen MR) is 46.9 cm³/mol. The first-order valence-corrected chi connectivity index (χ1v) is 4.25. The fraction of sp³-hybridized carbons (Fsp3) is 0.250. The van der Waals surface area contributed by atoms with Crippen LogP contribution in [0.25, 0.3) is 0 Å². The number of hydrogen-bond donors (Lipinski definition) is 1. The minimum atomic E-state index is -0.442. The number of phenols is 1. The molecule has 0 spiro atoms. The van der Waals surface area contributed by atoms with Crippen molar-refractivity contribution < 1.29 is 14.2 Å². The third kappa shape index (κ3) is 1.88. The van der Waals surface area contributed by atoms with Crippen LogP contribution < -0.4 is 4.74 Å². The Kier molecular flexibility index (Phi) is 2.92. The fourth-order valence-electron chi connectivity index (χ4n) is 0.808. The summed E-state index contributed by atoms with van der Waals surface area (Å²) in [5.74, 6) is -0.356. The molecule has 1 aromatic rings. The van der Waals surface area contributed by atoms with Crippen LogP contribution in [0.3, 0.4) is 0 Å². The SMILES string of the molecule is CCOc1cc(F)cc(Br)c1O.